The molecule has 0 saturated heterocycles. The molecule has 112 valence electrons. The second-order valence-corrected chi connectivity index (χ2v) is 6.21. The summed E-state index contributed by atoms with van der Waals surface area (Å²) in [4.78, 5) is 12.2. The number of nitrogens with two attached hydrogens (primary N) is 1. The molecule has 0 aromatic carbocycles. The fourth-order valence-electron chi connectivity index (χ4n) is 3.17. The summed E-state index contributed by atoms with van der Waals surface area (Å²) in [6.07, 6.45) is 5.06. The van der Waals surface area contributed by atoms with Gasteiger partial charge in [-0.15, -0.1) is 0 Å². The molecule has 4 heteroatoms. The van der Waals surface area contributed by atoms with E-state index < -0.39 is 11.6 Å². The van der Waals surface area contributed by atoms with Gasteiger partial charge in [-0.3, -0.25) is 4.79 Å². The van der Waals surface area contributed by atoms with Gasteiger partial charge in [0.25, 0.3) is 0 Å². The van der Waals surface area contributed by atoms with Crippen LogP contribution in [0.4, 0.5) is 0 Å². The van der Waals surface area contributed by atoms with E-state index in [1.54, 1.807) is 0 Å². The highest BCUT2D eigenvalue weighted by atomic mass is 16.3. The van der Waals surface area contributed by atoms with Crippen molar-refractivity contribution >= 4 is 5.91 Å². The van der Waals surface area contributed by atoms with Crippen LogP contribution in [0.2, 0.25) is 0 Å². The third-order valence-electron chi connectivity index (χ3n) is 4.55. The van der Waals surface area contributed by atoms with Crippen LogP contribution in [-0.2, 0) is 4.79 Å². The van der Waals surface area contributed by atoms with Gasteiger partial charge in [0, 0.05) is 6.54 Å². The van der Waals surface area contributed by atoms with E-state index in [0.29, 0.717) is 12.5 Å². The number of carbonyl (C=O) groups excluding carboxylic acids is 1. The highest BCUT2D eigenvalue weighted by Crippen LogP contribution is 2.30. The van der Waals surface area contributed by atoms with Crippen LogP contribution in [0, 0.1) is 11.8 Å². The Hall–Kier alpha value is -0.610. The van der Waals surface area contributed by atoms with Crippen LogP contribution >= 0.6 is 0 Å². The number of hydrogen-bond donors (Lipinski definition) is 3. The molecule has 0 heterocycles. The Kier molecular flexibility index (Phi) is 6.27. The zero-order valence-corrected chi connectivity index (χ0v) is 12.6. The molecule has 0 aliphatic heterocycles. The Labute approximate surface area is 117 Å². The topological polar surface area (TPSA) is 75.3 Å². The minimum Gasteiger partial charge on any atom is -0.391 e. The van der Waals surface area contributed by atoms with Crippen molar-refractivity contribution in [1.29, 1.82) is 0 Å². The second kappa shape index (κ2) is 7.25. The Morgan fingerprint density at radius 3 is 2.63 bits per heavy atom. The van der Waals surface area contributed by atoms with Crippen LogP contribution in [0.5, 0.6) is 0 Å². The molecule has 0 spiro atoms. The maximum Gasteiger partial charge on any atom is 0.240 e. The average molecular weight is 270 g/mol. The number of amides is 1. The van der Waals surface area contributed by atoms with Gasteiger partial charge in [0.1, 0.15) is 0 Å². The van der Waals surface area contributed by atoms with E-state index in [1.807, 2.05) is 0 Å². The van der Waals surface area contributed by atoms with Gasteiger partial charge in [-0.1, -0.05) is 46.5 Å². The van der Waals surface area contributed by atoms with Crippen LogP contribution < -0.4 is 11.1 Å². The maximum absolute atomic E-state index is 12.2. The minimum absolute atomic E-state index is 0.0935. The van der Waals surface area contributed by atoms with Gasteiger partial charge in [0.15, 0.2) is 0 Å². The lowest BCUT2D eigenvalue weighted by atomic mass is 9.76. The largest absolute Gasteiger partial charge is 0.391 e. The van der Waals surface area contributed by atoms with E-state index >= 15 is 0 Å². The first-order valence-electron chi connectivity index (χ1n) is 7.68. The molecule has 1 rings (SSSR count). The Morgan fingerprint density at radius 1 is 1.47 bits per heavy atom. The lowest BCUT2D eigenvalue weighted by Gasteiger charge is -2.35. The molecule has 1 fully saturated rings. The lowest BCUT2D eigenvalue weighted by molar-refractivity contribution is -0.128. The van der Waals surface area contributed by atoms with Gasteiger partial charge in [-0.25, -0.2) is 0 Å². The summed E-state index contributed by atoms with van der Waals surface area (Å²) in [6, 6.07) is 0. The van der Waals surface area contributed by atoms with Crippen molar-refractivity contribution in [2.45, 2.75) is 70.9 Å². The molecule has 3 atom stereocenters. The molecule has 0 aromatic heterocycles. The van der Waals surface area contributed by atoms with Crippen LogP contribution in [0.3, 0.4) is 0 Å². The molecule has 4 N–H and O–H groups in total. The molecule has 1 amide bonds. The number of aliphatic hydroxyl groups is 1. The second-order valence-electron chi connectivity index (χ2n) is 6.21. The van der Waals surface area contributed by atoms with Crippen molar-refractivity contribution in [3.05, 3.63) is 0 Å². The molecule has 3 unspecified atom stereocenters. The molecule has 1 aliphatic carbocycles. The monoisotopic (exact) mass is 270 g/mol. The number of rotatable bonds is 6. The number of hydrogen-bond acceptors (Lipinski definition) is 3. The van der Waals surface area contributed by atoms with Crippen molar-refractivity contribution < 1.29 is 9.90 Å². The Morgan fingerprint density at radius 2 is 2.11 bits per heavy atom. The summed E-state index contributed by atoms with van der Waals surface area (Å²) in [5.41, 5.74) is 5.50. The number of nitrogens with one attached hydrogen (secondary N) is 1. The molecular formula is C15H30N2O2. The van der Waals surface area contributed by atoms with E-state index in [9.17, 15) is 9.90 Å². The van der Waals surface area contributed by atoms with Crippen LogP contribution in [0.1, 0.15) is 59.3 Å². The molecule has 4 nitrogen and oxygen atoms in total. The predicted molar refractivity (Wildman–Crippen MR) is 77.6 cm³/mol. The summed E-state index contributed by atoms with van der Waals surface area (Å²) in [6.45, 7) is 6.59. The first-order valence-corrected chi connectivity index (χ1v) is 7.68. The number of aliphatic hydroxyl groups excluding tert-OH is 1. The third kappa shape index (κ3) is 4.46. The fraction of sp³-hybridized carbons (Fsp3) is 0.933. The van der Waals surface area contributed by atoms with Crippen molar-refractivity contribution in [2.75, 3.05) is 6.54 Å². The summed E-state index contributed by atoms with van der Waals surface area (Å²) in [5.74, 6) is 0.664. The van der Waals surface area contributed by atoms with Gasteiger partial charge < -0.3 is 16.2 Å². The molecular weight excluding hydrogens is 240 g/mol. The van der Waals surface area contributed by atoms with E-state index in [-0.39, 0.29) is 11.8 Å². The average Bonchev–Trinajstić information content (AvgIpc) is 2.37. The smallest absolute Gasteiger partial charge is 0.240 e. The van der Waals surface area contributed by atoms with Gasteiger partial charge in [-0.05, 0) is 24.7 Å². The van der Waals surface area contributed by atoms with Crippen molar-refractivity contribution in [3.8, 4) is 0 Å². The minimum atomic E-state index is -0.731. The first kappa shape index (κ1) is 16.4. The molecule has 1 aliphatic rings. The van der Waals surface area contributed by atoms with Gasteiger partial charge >= 0.3 is 0 Å². The molecule has 0 bridgehead atoms. The standard InChI is InChI=1S/C15H30N2O2/c1-4-12(5-2)13(18)10-17-14(19)15(16)8-6-7-11(3)9-15/h11-13,18H,4-10,16H2,1-3H3,(H,17,19). The first-order chi connectivity index (χ1) is 8.92. The highest BCUT2D eigenvalue weighted by Gasteiger charge is 2.38. The van der Waals surface area contributed by atoms with E-state index in [1.165, 1.54) is 0 Å². The van der Waals surface area contributed by atoms with Crippen molar-refractivity contribution in [3.63, 3.8) is 0 Å². The zero-order chi connectivity index (χ0) is 14.5. The molecule has 0 aromatic rings. The van der Waals surface area contributed by atoms with Crippen molar-refractivity contribution in [1.82, 2.24) is 5.32 Å². The van der Waals surface area contributed by atoms with Crippen molar-refractivity contribution in [2.24, 2.45) is 17.6 Å². The predicted octanol–water partition coefficient (Wildman–Crippen LogP) is 1.81. The van der Waals surface area contributed by atoms with Gasteiger partial charge in [0.2, 0.25) is 5.91 Å². The number of carbonyl (C=O) groups is 1. The van der Waals surface area contributed by atoms with E-state index in [2.05, 4.69) is 26.1 Å². The summed E-state index contributed by atoms with van der Waals surface area (Å²) < 4.78 is 0. The van der Waals surface area contributed by atoms with Gasteiger partial charge in [-0.2, -0.15) is 0 Å². The quantitative estimate of drug-likeness (QED) is 0.689. The van der Waals surface area contributed by atoms with Crippen LogP contribution in [-0.4, -0.2) is 29.2 Å². The summed E-state index contributed by atoms with van der Waals surface area (Å²) in [7, 11) is 0. The summed E-state index contributed by atoms with van der Waals surface area (Å²) >= 11 is 0. The lowest BCUT2D eigenvalue weighted by Crippen LogP contribution is -2.57. The van der Waals surface area contributed by atoms with Gasteiger partial charge in [0.05, 0.1) is 11.6 Å². The van der Waals surface area contributed by atoms with E-state index in [4.69, 9.17) is 5.73 Å². The normalized spacial score (nSPS) is 29.3. The highest BCUT2D eigenvalue weighted by molar-refractivity contribution is 5.86. The maximum atomic E-state index is 12.2. The molecule has 0 radical (unpaired) electrons. The third-order valence-corrected chi connectivity index (χ3v) is 4.55. The summed E-state index contributed by atoms with van der Waals surface area (Å²) in [5, 5.41) is 12.9. The molecule has 19 heavy (non-hydrogen) atoms. The SMILES string of the molecule is CCC(CC)C(O)CNC(=O)C1(N)CCCC(C)C1. The fourth-order valence-corrected chi connectivity index (χ4v) is 3.17. The molecule has 1 saturated carbocycles. The van der Waals surface area contributed by atoms with Crippen LogP contribution in [0.25, 0.3) is 0 Å². The van der Waals surface area contributed by atoms with E-state index in [0.717, 1.165) is 38.5 Å². The van der Waals surface area contributed by atoms with Crippen LogP contribution in [0.15, 0.2) is 0 Å². The zero-order valence-electron chi connectivity index (χ0n) is 12.6. The Balaban J connectivity index is 2.46. The Bertz CT molecular complexity index is 292.